The van der Waals surface area contributed by atoms with Gasteiger partial charge in [-0.25, -0.2) is 4.79 Å². The first-order valence-electron chi connectivity index (χ1n) is 7.25. The number of amides is 1. The van der Waals surface area contributed by atoms with E-state index in [1.54, 1.807) is 0 Å². The average Bonchev–Trinajstić information content (AvgIpc) is 2.38. The molecule has 128 valence electrons. The third kappa shape index (κ3) is 6.23. The fourth-order valence-electron chi connectivity index (χ4n) is 1.77. The second kappa shape index (κ2) is 8.38. The molecule has 0 unspecified atom stereocenters. The van der Waals surface area contributed by atoms with Crippen LogP contribution in [-0.2, 0) is 4.43 Å². The van der Waals surface area contributed by atoms with Crippen molar-refractivity contribution in [2.75, 3.05) is 13.2 Å². The smallest absolute Gasteiger partial charge is 0.405 e. The summed E-state index contributed by atoms with van der Waals surface area (Å²) in [5.41, 5.74) is 8.47. The van der Waals surface area contributed by atoms with Gasteiger partial charge in [0.25, 0.3) is 0 Å². The average molecular weight is 332 g/mol. The van der Waals surface area contributed by atoms with Crippen molar-refractivity contribution in [1.82, 2.24) is 5.32 Å². The number of aliphatic hydroxyl groups is 1. The highest BCUT2D eigenvalue weighted by Gasteiger charge is 2.42. The van der Waals surface area contributed by atoms with Crippen molar-refractivity contribution >= 4 is 14.4 Å². The lowest BCUT2D eigenvalue weighted by atomic mass is 9.98. The van der Waals surface area contributed by atoms with Crippen LogP contribution in [0.3, 0.4) is 0 Å². The molecule has 0 saturated carbocycles. The summed E-state index contributed by atoms with van der Waals surface area (Å²) >= 11 is 0. The van der Waals surface area contributed by atoms with E-state index in [9.17, 15) is 9.90 Å². The Labute approximate surface area is 132 Å². The minimum Gasteiger partial charge on any atom is -0.465 e. The zero-order valence-corrected chi connectivity index (χ0v) is 15.2. The Bertz CT molecular complexity index is 419. The highest BCUT2D eigenvalue weighted by molar-refractivity contribution is 6.74. The molecule has 3 N–H and O–H groups in total. The lowest BCUT2D eigenvalue weighted by Gasteiger charge is -2.42. The van der Waals surface area contributed by atoms with E-state index in [1.807, 2.05) is 6.92 Å². The van der Waals surface area contributed by atoms with Gasteiger partial charge < -0.3 is 20.0 Å². The van der Waals surface area contributed by atoms with Crippen molar-refractivity contribution in [3.63, 3.8) is 0 Å². The molecule has 1 amide bonds. The SMILES string of the molecule is C[C@@H](CN=[N+]=[N-])[C@@H](O[Si](C)(C)C(C)(C)C)[C@@H](CO)NC(=O)O. The zero-order chi connectivity index (χ0) is 17.6. The number of carboxylic acid groups (broad SMARTS) is 1. The van der Waals surface area contributed by atoms with E-state index in [0.29, 0.717) is 0 Å². The largest absolute Gasteiger partial charge is 0.465 e. The Balaban J connectivity index is 5.39. The number of hydrogen-bond acceptors (Lipinski definition) is 4. The van der Waals surface area contributed by atoms with Gasteiger partial charge in [0.05, 0.1) is 18.8 Å². The second-order valence-corrected chi connectivity index (χ2v) is 11.7. The van der Waals surface area contributed by atoms with Crippen LogP contribution in [0.5, 0.6) is 0 Å². The highest BCUT2D eigenvalue weighted by Crippen LogP contribution is 2.38. The summed E-state index contributed by atoms with van der Waals surface area (Å²) in [7, 11) is -2.18. The van der Waals surface area contributed by atoms with Gasteiger partial charge in [-0.3, -0.25) is 0 Å². The molecule has 0 radical (unpaired) electrons. The molecule has 0 spiro atoms. The van der Waals surface area contributed by atoms with Gasteiger partial charge in [-0.2, -0.15) is 0 Å². The Morgan fingerprint density at radius 2 is 2.00 bits per heavy atom. The van der Waals surface area contributed by atoms with E-state index in [0.717, 1.165) is 0 Å². The summed E-state index contributed by atoms with van der Waals surface area (Å²) in [5, 5.41) is 24.2. The standard InChI is InChI=1S/C13H28N4O4Si/c1-9(7-15-17-14)11(10(8-18)16-12(19)20)21-22(5,6)13(2,3)4/h9-11,16,18H,7-8H2,1-6H3,(H,19,20)/t9-,10+,11+/m0/s1. The molecule has 0 aromatic carbocycles. The minimum absolute atomic E-state index is 0.0628. The maximum atomic E-state index is 10.9. The Morgan fingerprint density at radius 1 is 1.45 bits per heavy atom. The maximum absolute atomic E-state index is 10.9. The van der Waals surface area contributed by atoms with Crippen LogP contribution in [0.4, 0.5) is 4.79 Å². The molecule has 3 atom stereocenters. The summed E-state index contributed by atoms with van der Waals surface area (Å²) in [5.74, 6) is -0.228. The molecule has 0 saturated heterocycles. The van der Waals surface area contributed by atoms with Gasteiger partial charge in [0.1, 0.15) is 0 Å². The topological polar surface area (TPSA) is 128 Å². The molecule has 0 fully saturated rings. The number of rotatable bonds is 8. The zero-order valence-electron chi connectivity index (χ0n) is 14.2. The first-order valence-corrected chi connectivity index (χ1v) is 10.2. The number of azide groups is 1. The number of hydrogen-bond donors (Lipinski definition) is 3. The maximum Gasteiger partial charge on any atom is 0.405 e. The molecule has 0 aromatic heterocycles. The normalized spacial score (nSPS) is 16.3. The van der Waals surface area contributed by atoms with Gasteiger partial charge in [-0.1, -0.05) is 32.8 Å². The summed E-state index contributed by atoms with van der Waals surface area (Å²) in [6.07, 6.45) is -1.79. The monoisotopic (exact) mass is 332 g/mol. The molecule has 0 bridgehead atoms. The summed E-state index contributed by atoms with van der Waals surface area (Å²) < 4.78 is 6.28. The van der Waals surface area contributed by atoms with Crippen LogP contribution in [0.25, 0.3) is 10.4 Å². The van der Waals surface area contributed by atoms with Gasteiger partial charge in [0.2, 0.25) is 0 Å². The molecule has 0 aliphatic carbocycles. The van der Waals surface area contributed by atoms with E-state index < -0.39 is 26.6 Å². The van der Waals surface area contributed by atoms with Crippen molar-refractivity contribution in [3.8, 4) is 0 Å². The summed E-state index contributed by atoms with van der Waals surface area (Å²) in [6.45, 7) is 11.9. The Kier molecular flexibility index (Phi) is 7.89. The molecule has 9 heteroatoms. The summed E-state index contributed by atoms with van der Waals surface area (Å²) in [6, 6.07) is -0.768. The predicted octanol–water partition coefficient (Wildman–Crippen LogP) is 2.95. The molecular formula is C13H28N4O4Si. The van der Waals surface area contributed by atoms with Crippen molar-refractivity contribution in [2.45, 2.75) is 58.0 Å². The number of carbonyl (C=O) groups is 1. The summed E-state index contributed by atoms with van der Waals surface area (Å²) in [4.78, 5) is 13.7. The molecule has 0 heterocycles. The fraction of sp³-hybridized carbons (Fsp3) is 0.923. The lowest BCUT2D eigenvalue weighted by Crippen LogP contribution is -2.55. The quantitative estimate of drug-likeness (QED) is 0.273. The Hall–Kier alpha value is -1.28. The van der Waals surface area contributed by atoms with Crippen molar-refractivity contribution in [2.24, 2.45) is 11.0 Å². The van der Waals surface area contributed by atoms with Crippen molar-refractivity contribution < 1.29 is 19.4 Å². The van der Waals surface area contributed by atoms with Gasteiger partial charge in [-0.05, 0) is 29.6 Å². The minimum atomic E-state index is -2.18. The molecule has 0 aliphatic rings. The molecule has 8 nitrogen and oxygen atoms in total. The second-order valence-electron chi connectivity index (χ2n) is 6.97. The van der Waals surface area contributed by atoms with Gasteiger partial charge in [0.15, 0.2) is 8.32 Å². The van der Waals surface area contributed by atoms with Crippen LogP contribution in [0.2, 0.25) is 18.1 Å². The van der Waals surface area contributed by atoms with Crippen LogP contribution >= 0.6 is 0 Å². The number of nitrogens with zero attached hydrogens (tertiary/aromatic N) is 3. The lowest BCUT2D eigenvalue weighted by molar-refractivity contribution is 0.0602. The van der Waals surface area contributed by atoms with Crippen LogP contribution in [0.1, 0.15) is 27.7 Å². The predicted molar refractivity (Wildman–Crippen MR) is 87.3 cm³/mol. The number of aliphatic hydroxyl groups excluding tert-OH is 1. The van der Waals surface area contributed by atoms with Crippen LogP contribution in [0, 0.1) is 5.92 Å². The van der Waals surface area contributed by atoms with E-state index >= 15 is 0 Å². The Morgan fingerprint density at radius 3 is 2.36 bits per heavy atom. The van der Waals surface area contributed by atoms with Crippen molar-refractivity contribution in [1.29, 1.82) is 0 Å². The van der Waals surface area contributed by atoms with Gasteiger partial charge in [0, 0.05) is 11.5 Å². The van der Waals surface area contributed by atoms with E-state index in [2.05, 4.69) is 49.2 Å². The van der Waals surface area contributed by atoms with E-state index in [-0.39, 0.29) is 24.1 Å². The molecule has 0 aromatic rings. The first kappa shape index (κ1) is 20.7. The van der Waals surface area contributed by atoms with Crippen LogP contribution < -0.4 is 5.32 Å². The molecular weight excluding hydrogens is 304 g/mol. The molecule has 22 heavy (non-hydrogen) atoms. The fourth-order valence-corrected chi connectivity index (χ4v) is 3.20. The number of nitrogens with one attached hydrogen (secondary N) is 1. The van der Waals surface area contributed by atoms with Crippen molar-refractivity contribution in [3.05, 3.63) is 10.4 Å². The van der Waals surface area contributed by atoms with Gasteiger partial charge in [-0.15, -0.1) is 0 Å². The highest BCUT2D eigenvalue weighted by atomic mass is 28.4. The van der Waals surface area contributed by atoms with Crippen LogP contribution in [-0.4, -0.2) is 49.9 Å². The van der Waals surface area contributed by atoms with Crippen LogP contribution in [0.15, 0.2) is 5.11 Å². The third-order valence-electron chi connectivity index (χ3n) is 4.13. The molecule has 0 rings (SSSR count). The van der Waals surface area contributed by atoms with E-state index in [1.165, 1.54) is 0 Å². The third-order valence-corrected chi connectivity index (χ3v) is 8.61. The first-order chi connectivity index (χ1) is 9.96. The van der Waals surface area contributed by atoms with Gasteiger partial charge >= 0.3 is 6.09 Å². The molecule has 0 aliphatic heterocycles. The van der Waals surface area contributed by atoms with E-state index in [4.69, 9.17) is 15.1 Å².